The second-order valence-electron chi connectivity index (χ2n) is 21.4. The van der Waals surface area contributed by atoms with E-state index in [1.54, 1.807) is 49.2 Å². The maximum Gasteiger partial charge on any atom is 0.245 e. The summed E-state index contributed by atoms with van der Waals surface area (Å²) < 4.78 is 33.4. The van der Waals surface area contributed by atoms with Gasteiger partial charge in [-0.1, -0.05) is 65.8 Å². The monoisotopic (exact) mass is 967 g/mol. The van der Waals surface area contributed by atoms with Crippen LogP contribution in [0.25, 0.3) is 44.3 Å². The SMILES string of the molecule is CN[C@@H](C)C(=O)N[C@H](C(=O)N1CCC[C@@H]1Cc1c(-c2ccc(-c3c(C[C@@H]4CCCN4C(=O)[C@@H](NC(=O)[C@H](C)NC)C(C)(C)C)c4ccc(F)cc4n3CO)cc2)n(CO)c2cc(F)ccc12)C(C)(C)C. The lowest BCUT2D eigenvalue weighted by Gasteiger charge is -2.36. The van der Waals surface area contributed by atoms with E-state index in [2.05, 4.69) is 21.3 Å². The highest BCUT2D eigenvalue weighted by Crippen LogP contribution is 2.41. The van der Waals surface area contributed by atoms with Crippen molar-refractivity contribution in [3.8, 4) is 22.5 Å². The van der Waals surface area contributed by atoms with Crippen molar-refractivity contribution in [2.75, 3.05) is 27.2 Å². The number of aliphatic hydroxyl groups is 2. The molecule has 6 atom stereocenters. The molecule has 0 bridgehead atoms. The first kappa shape index (κ1) is 52.2. The lowest BCUT2D eigenvalue weighted by Crippen LogP contribution is -2.58. The lowest BCUT2D eigenvalue weighted by molar-refractivity contribution is -0.140. The summed E-state index contributed by atoms with van der Waals surface area (Å²) in [5.41, 5.74) is 4.24. The Morgan fingerprint density at radius 3 is 1.29 bits per heavy atom. The molecular formula is C54H72F2N8O6. The van der Waals surface area contributed by atoms with E-state index in [4.69, 9.17) is 0 Å². The normalized spacial score (nSPS) is 18.4. The van der Waals surface area contributed by atoms with Gasteiger partial charge in [-0.3, -0.25) is 19.2 Å². The Bertz CT molecular complexity index is 2550. The molecule has 0 unspecified atom stereocenters. The van der Waals surface area contributed by atoms with Crippen molar-refractivity contribution in [3.05, 3.63) is 83.4 Å². The summed E-state index contributed by atoms with van der Waals surface area (Å²) in [5.74, 6) is -1.81. The van der Waals surface area contributed by atoms with Crippen molar-refractivity contribution in [2.45, 2.75) is 144 Å². The van der Waals surface area contributed by atoms with Gasteiger partial charge in [-0.05, 0) is 136 Å². The number of benzene rings is 3. The average Bonchev–Trinajstić information content (AvgIpc) is 4.12. The first-order valence-corrected chi connectivity index (χ1v) is 24.6. The largest absolute Gasteiger partial charge is 0.376 e. The molecule has 2 saturated heterocycles. The minimum absolute atomic E-state index is 0.172. The summed E-state index contributed by atoms with van der Waals surface area (Å²) in [6, 6.07) is 13.6. The summed E-state index contributed by atoms with van der Waals surface area (Å²) in [6.07, 6.45) is 3.72. The molecule has 2 aliphatic rings. The van der Waals surface area contributed by atoms with Crippen LogP contribution in [0.2, 0.25) is 0 Å². The fourth-order valence-corrected chi connectivity index (χ4v) is 10.5. The molecule has 0 aliphatic carbocycles. The number of aliphatic hydroxyl groups excluding tert-OH is 2. The Balaban J connectivity index is 1.27. The summed E-state index contributed by atoms with van der Waals surface area (Å²) in [7, 11) is 3.39. The van der Waals surface area contributed by atoms with Crippen LogP contribution < -0.4 is 21.3 Å². The van der Waals surface area contributed by atoms with E-state index >= 15 is 8.78 Å². The van der Waals surface area contributed by atoms with Gasteiger partial charge in [0, 0.05) is 35.9 Å². The van der Waals surface area contributed by atoms with Gasteiger partial charge in [0.2, 0.25) is 23.6 Å². The van der Waals surface area contributed by atoms with Crippen molar-refractivity contribution in [1.29, 1.82) is 0 Å². The van der Waals surface area contributed by atoms with Crippen molar-refractivity contribution < 1.29 is 38.2 Å². The molecule has 70 heavy (non-hydrogen) atoms. The zero-order valence-corrected chi connectivity index (χ0v) is 42.4. The standard InChI is InChI=1S/C54H72F2N8O6/c1-31(57-9)49(67)59-47(53(3,4)5)51(69)61-23-11-13-37(61)27-41-39-21-19-35(55)25-43(39)63(29-65)45(41)33-15-17-34(18-16-33)46-42(40-22-20-36(56)26-44(40)64(46)30-66)28-38-14-12-24-62(38)52(70)48(54(6,7)8)60-50(68)32(2)58-10/h15-22,25-26,31-32,37-38,47-48,57-58,65-66H,11-14,23-24,27-30H2,1-10H3,(H,59,67)(H,60,68)/t31-,32-,37-,38+,47+,48+/m0/s1. The molecule has 2 aromatic heterocycles. The quantitative estimate of drug-likeness (QED) is 0.0655. The number of hydrogen-bond donors (Lipinski definition) is 6. The number of aromatic nitrogens is 2. The van der Waals surface area contributed by atoms with Gasteiger partial charge in [-0.25, -0.2) is 8.78 Å². The predicted molar refractivity (Wildman–Crippen MR) is 269 cm³/mol. The molecule has 0 spiro atoms. The maximum atomic E-state index is 15.0. The van der Waals surface area contributed by atoms with Crippen molar-refractivity contribution in [1.82, 2.24) is 40.2 Å². The average molecular weight is 967 g/mol. The molecule has 14 nitrogen and oxygen atoms in total. The molecular weight excluding hydrogens is 895 g/mol. The summed E-state index contributed by atoms with van der Waals surface area (Å²) >= 11 is 0. The Hall–Kier alpha value is -5.68. The predicted octanol–water partition coefficient (Wildman–Crippen LogP) is 6.45. The van der Waals surface area contributed by atoms with E-state index in [-0.39, 0.29) is 35.7 Å². The number of hydrogen-bond acceptors (Lipinski definition) is 8. The van der Waals surface area contributed by atoms with Crippen molar-refractivity contribution in [3.63, 3.8) is 0 Å². The molecule has 7 rings (SSSR count). The number of nitrogens with zero attached hydrogens (tertiary/aromatic N) is 4. The first-order chi connectivity index (χ1) is 33.1. The number of carbonyl (C=O) groups excluding carboxylic acids is 4. The minimum atomic E-state index is -0.787. The third kappa shape index (κ3) is 10.4. The number of fused-ring (bicyclic) bond motifs is 2. The fraction of sp³-hybridized carbons (Fsp3) is 0.519. The van der Waals surface area contributed by atoms with Crippen molar-refractivity contribution >= 4 is 45.4 Å². The fourth-order valence-electron chi connectivity index (χ4n) is 10.5. The van der Waals surface area contributed by atoms with Crippen LogP contribution in [0, 0.1) is 22.5 Å². The summed E-state index contributed by atoms with van der Waals surface area (Å²) in [6.45, 7) is 15.2. The highest BCUT2D eigenvalue weighted by Gasteiger charge is 2.42. The van der Waals surface area contributed by atoms with Gasteiger partial charge >= 0.3 is 0 Å². The maximum absolute atomic E-state index is 15.0. The molecule has 0 radical (unpaired) electrons. The second kappa shape index (κ2) is 21.0. The van der Waals surface area contributed by atoms with E-state index in [1.807, 2.05) is 75.6 Å². The molecule has 2 aliphatic heterocycles. The Morgan fingerprint density at radius 2 is 0.971 bits per heavy atom. The highest BCUT2D eigenvalue weighted by atomic mass is 19.1. The molecule has 6 N–H and O–H groups in total. The molecule has 0 saturated carbocycles. The Labute approximate surface area is 410 Å². The third-order valence-corrected chi connectivity index (χ3v) is 14.6. The molecule has 5 aromatic rings. The van der Waals surface area contributed by atoms with E-state index in [1.165, 1.54) is 24.3 Å². The molecule has 16 heteroatoms. The van der Waals surface area contributed by atoms with Crippen molar-refractivity contribution in [2.24, 2.45) is 10.8 Å². The van der Waals surface area contributed by atoms with Gasteiger partial charge < -0.3 is 50.4 Å². The topological polar surface area (TPSA) is 173 Å². The zero-order chi connectivity index (χ0) is 51.0. The minimum Gasteiger partial charge on any atom is -0.376 e. The van der Waals surface area contributed by atoms with E-state index in [0.29, 0.717) is 61.2 Å². The van der Waals surface area contributed by atoms with Gasteiger partial charge in [-0.15, -0.1) is 0 Å². The number of carbonyl (C=O) groups is 4. The molecule has 4 heterocycles. The van der Waals surface area contributed by atoms with Gasteiger partial charge in [0.25, 0.3) is 0 Å². The first-order valence-electron chi connectivity index (χ1n) is 24.6. The number of amides is 4. The van der Waals surface area contributed by atoms with Crippen LogP contribution in [-0.2, 0) is 45.5 Å². The molecule has 4 amide bonds. The number of halogens is 2. The third-order valence-electron chi connectivity index (χ3n) is 14.6. The molecule has 378 valence electrons. The number of nitrogens with one attached hydrogen (secondary N) is 4. The van der Waals surface area contributed by atoms with Crippen LogP contribution >= 0.6 is 0 Å². The van der Waals surface area contributed by atoms with Crippen LogP contribution in [-0.4, -0.2) is 116 Å². The number of likely N-dealkylation sites (N-methyl/N-ethyl adjacent to an activating group) is 2. The van der Waals surface area contributed by atoms with Gasteiger partial charge in [0.1, 0.15) is 37.2 Å². The summed E-state index contributed by atoms with van der Waals surface area (Å²) in [4.78, 5) is 59.0. The Morgan fingerprint density at radius 1 is 0.614 bits per heavy atom. The van der Waals surface area contributed by atoms with Gasteiger partial charge in [-0.2, -0.15) is 0 Å². The second-order valence-corrected chi connectivity index (χ2v) is 21.4. The number of likely N-dealkylation sites (tertiary alicyclic amines) is 2. The zero-order valence-electron chi connectivity index (χ0n) is 42.4. The van der Waals surface area contributed by atoms with Crippen LogP contribution in [0.4, 0.5) is 8.78 Å². The van der Waals surface area contributed by atoms with Crippen LogP contribution in [0.15, 0.2) is 60.7 Å². The lowest BCUT2D eigenvalue weighted by atomic mass is 9.85. The van der Waals surface area contributed by atoms with E-state index in [9.17, 15) is 29.4 Å². The van der Waals surface area contributed by atoms with E-state index < -0.39 is 60.1 Å². The van der Waals surface area contributed by atoms with Gasteiger partial charge in [0.15, 0.2) is 0 Å². The van der Waals surface area contributed by atoms with Gasteiger partial charge in [0.05, 0.1) is 34.5 Å². The van der Waals surface area contributed by atoms with Crippen LogP contribution in [0.1, 0.15) is 92.2 Å². The van der Waals surface area contributed by atoms with Crippen LogP contribution in [0.3, 0.4) is 0 Å². The molecule has 3 aromatic carbocycles. The summed E-state index contributed by atoms with van der Waals surface area (Å²) in [5, 5.41) is 35.4. The molecule has 2 fully saturated rings. The van der Waals surface area contributed by atoms with Crippen LogP contribution in [0.5, 0.6) is 0 Å². The smallest absolute Gasteiger partial charge is 0.245 e. The Kier molecular flexibility index (Phi) is 15.6. The number of rotatable bonds is 16. The van der Waals surface area contributed by atoms with E-state index in [0.717, 1.165) is 45.9 Å². The highest BCUT2D eigenvalue weighted by molar-refractivity contribution is 5.95.